The van der Waals surface area contributed by atoms with E-state index in [9.17, 15) is 9.90 Å². The highest BCUT2D eigenvalue weighted by Crippen LogP contribution is 2.69. The van der Waals surface area contributed by atoms with E-state index in [-0.39, 0.29) is 16.4 Å². The second kappa shape index (κ2) is 5.47. The molecule has 0 radical (unpaired) electrons. The number of isothiocyanates is 1. The lowest BCUT2D eigenvalue weighted by molar-refractivity contribution is -0.157. The molecular formula is C21H31NO2S. The van der Waals surface area contributed by atoms with Gasteiger partial charge in [0.05, 0.1) is 16.3 Å². The van der Waals surface area contributed by atoms with Gasteiger partial charge in [-0.2, -0.15) is 0 Å². The average molecular weight is 362 g/mol. The minimum absolute atomic E-state index is 0.0441. The molecule has 0 aliphatic heterocycles. The van der Waals surface area contributed by atoms with E-state index in [2.05, 4.69) is 30.9 Å². The number of aliphatic hydroxyl groups is 1. The number of Topliss-reactive ketones (excluding diaryl/α,β-unsaturated/α-hetero) is 1. The fraction of sp³-hybridized carbons (Fsp3) is 0.905. The summed E-state index contributed by atoms with van der Waals surface area (Å²) in [4.78, 5) is 16.9. The summed E-state index contributed by atoms with van der Waals surface area (Å²) < 4.78 is 0. The second-order valence-electron chi connectivity index (χ2n) is 10.1. The summed E-state index contributed by atoms with van der Waals surface area (Å²) in [6.45, 7) is 6.75. The summed E-state index contributed by atoms with van der Waals surface area (Å²) in [5.74, 6) is 2.19. The van der Waals surface area contributed by atoms with Crippen molar-refractivity contribution in [2.75, 3.05) is 0 Å². The van der Waals surface area contributed by atoms with Crippen molar-refractivity contribution in [1.29, 1.82) is 0 Å². The molecule has 0 saturated heterocycles. The Hall–Kier alpha value is -0.570. The zero-order chi connectivity index (χ0) is 18.1. The van der Waals surface area contributed by atoms with Gasteiger partial charge in [0.25, 0.3) is 0 Å². The minimum Gasteiger partial charge on any atom is -0.390 e. The van der Waals surface area contributed by atoms with Crippen LogP contribution in [-0.2, 0) is 4.79 Å². The van der Waals surface area contributed by atoms with Crippen LogP contribution in [0, 0.1) is 28.6 Å². The SMILES string of the molecule is C[C@]12CC[C@H]3[C@@H](CC[C@]4(N=C=S)CC(=O)CC[C@]34C)[C@@H]1CC[C@@]2(C)O. The van der Waals surface area contributed by atoms with Gasteiger partial charge in [0.15, 0.2) is 0 Å². The van der Waals surface area contributed by atoms with Gasteiger partial charge in [0.2, 0.25) is 0 Å². The molecule has 0 amide bonds. The first-order chi connectivity index (χ1) is 11.7. The fourth-order valence-electron chi connectivity index (χ4n) is 7.59. The van der Waals surface area contributed by atoms with E-state index < -0.39 is 5.60 Å². The number of aliphatic imine (C=N–C) groups is 1. The van der Waals surface area contributed by atoms with Crippen molar-refractivity contribution >= 4 is 23.2 Å². The van der Waals surface area contributed by atoms with Gasteiger partial charge in [-0.1, -0.05) is 13.8 Å². The molecule has 0 unspecified atom stereocenters. The number of carbonyl (C=O) groups is 1. The van der Waals surface area contributed by atoms with Crippen molar-refractivity contribution in [2.45, 2.75) is 89.7 Å². The fourth-order valence-corrected chi connectivity index (χ4v) is 7.77. The Morgan fingerprint density at radius 1 is 1.04 bits per heavy atom. The van der Waals surface area contributed by atoms with Gasteiger partial charge >= 0.3 is 0 Å². The third-order valence-electron chi connectivity index (χ3n) is 9.44. The standard InChI is InChI=1S/C21H31NO2S/c1-18-9-6-17-15(16(18)7-10-20(18,3)24)5-11-21(22-13-25)12-14(23)4-8-19(17,21)2/h15-17,24H,4-12H2,1-3H3/t15-,16-,17-,18-,19+,20+,21-/m0/s1. The minimum atomic E-state index is -0.535. The summed E-state index contributed by atoms with van der Waals surface area (Å²) in [6.07, 6.45) is 8.55. The summed E-state index contributed by atoms with van der Waals surface area (Å²) in [7, 11) is 0. The third kappa shape index (κ3) is 2.17. The Balaban J connectivity index is 1.73. The topological polar surface area (TPSA) is 49.7 Å². The van der Waals surface area contributed by atoms with Crippen molar-refractivity contribution < 1.29 is 9.90 Å². The number of hydrogen-bond donors (Lipinski definition) is 1. The van der Waals surface area contributed by atoms with Crippen LogP contribution in [0.3, 0.4) is 0 Å². The van der Waals surface area contributed by atoms with Crippen LogP contribution in [0.2, 0.25) is 0 Å². The maximum Gasteiger partial charge on any atom is 0.135 e. The predicted molar refractivity (Wildman–Crippen MR) is 102 cm³/mol. The zero-order valence-corrected chi connectivity index (χ0v) is 16.6. The van der Waals surface area contributed by atoms with Gasteiger partial charge in [-0.05, 0) is 92.7 Å². The summed E-state index contributed by atoms with van der Waals surface area (Å²) >= 11 is 4.99. The number of fused-ring (bicyclic) bond motifs is 5. The van der Waals surface area contributed by atoms with Crippen molar-refractivity contribution in [3.63, 3.8) is 0 Å². The van der Waals surface area contributed by atoms with Crippen LogP contribution in [0.15, 0.2) is 4.99 Å². The molecule has 1 N–H and O–H groups in total. The summed E-state index contributed by atoms with van der Waals surface area (Å²) in [6, 6.07) is 0. The monoisotopic (exact) mass is 361 g/mol. The van der Waals surface area contributed by atoms with E-state index in [0.29, 0.717) is 36.4 Å². The lowest BCUT2D eigenvalue weighted by Crippen LogP contribution is -2.62. The molecule has 0 aromatic heterocycles. The molecule has 0 heterocycles. The van der Waals surface area contributed by atoms with Crippen LogP contribution < -0.4 is 0 Å². The summed E-state index contributed by atoms with van der Waals surface area (Å²) in [5, 5.41) is 13.7. The van der Waals surface area contributed by atoms with Gasteiger partial charge in [0.1, 0.15) is 5.78 Å². The van der Waals surface area contributed by atoms with E-state index in [1.54, 1.807) is 0 Å². The molecule has 138 valence electrons. The maximum absolute atomic E-state index is 12.3. The highest BCUT2D eigenvalue weighted by molar-refractivity contribution is 7.78. The smallest absolute Gasteiger partial charge is 0.135 e. The molecule has 4 aliphatic rings. The first-order valence-electron chi connectivity index (χ1n) is 10.0. The van der Waals surface area contributed by atoms with E-state index in [4.69, 9.17) is 12.2 Å². The number of nitrogens with zero attached hydrogens (tertiary/aromatic N) is 1. The second-order valence-corrected chi connectivity index (χ2v) is 10.2. The van der Waals surface area contributed by atoms with Crippen LogP contribution in [0.25, 0.3) is 0 Å². The molecule has 0 spiro atoms. The van der Waals surface area contributed by atoms with Gasteiger partial charge in [-0.3, -0.25) is 4.79 Å². The van der Waals surface area contributed by atoms with E-state index in [1.807, 2.05) is 0 Å². The molecule has 25 heavy (non-hydrogen) atoms. The van der Waals surface area contributed by atoms with Crippen LogP contribution in [0.1, 0.15) is 78.6 Å². The van der Waals surface area contributed by atoms with Gasteiger partial charge < -0.3 is 5.11 Å². The first kappa shape index (κ1) is 17.8. The van der Waals surface area contributed by atoms with E-state index >= 15 is 0 Å². The van der Waals surface area contributed by atoms with Crippen molar-refractivity contribution in [1.82, 2.24) is 0 Å². The van der Waals surface area contributed by atoms with Gasteiger partial charge in [-0.25, -0.2) is 4.99 Å². The Morgan fingerprint density at radius 2 is 1.72 bits per heavy atom. The molecule has 0 aromatic carbocycles. The Morgan fingerprint density at radius 3 is 2.44 bits per heavy atom. The van der Waals surface area contributed by atoms with Crippen molar-refractivity contribution in [2.24, 2.45) is 33.6 Å². The number of thiocarbonyl (C=S) groups is 1. The van der Waals surface area contributed by atoms with Crippen molar-refractivity contribution in [3.05, 3.63) is 0 Å². The maximum atomic E-state index is 12.3. The van der Waals surface area contributed by atoms with Crippen LogP contribution >= 0.6 is 12.2 Å². The third-order valence-corrected chi connectivity index (χ3v) is 9.54. The average Bonchev–Trinajstić information content (AvgIpc) is 2.79. The number of carbonyl (C=O) groups excluding carboxylic acids is 1. The number of rotatable bonds is 1. The molecule has 7 atom stereocenters. The van der Waals surface area contributed by atoms with Gasteiger partial charge in [0, 0.05) is 12.8 Å². The van der Waals surface area contributed by atoms with Crippen molar-refractivity contribution in [3.8, 4) is 0 Å². The molecule has 0 bridgehead atoms. The van der Waals surface area contributed by atoms with Crippen LogP contribution in [-0.4, -0.2) is 27.2 Å². The van der Waals surface area contributed by atoms with E-state index in [0.717, 1.165) is 44.9 Å². The lowest BCUT2D eigenvalue weighted by Gasteiger charge is -2.63. The van der Waals surface area contributed by atoms with Gasteiger partial charge in [-0.15, -0.1) is 0 Å². The molecular weight excluding hydrogens is 330 g/mol. The molecule has 4 rings (SSSR count). The Bertz CT molecular complexity index is 654. The number of ketones is 1. The molecule has 4 heteroatoms. The summed E-state index contributed by atoms with van der Waals surface area (Å²) in [5.41, 5.74) is -0.763. The quantitative estimate of drug-likeness (QED) is 0.549. The lowest BCUT2D eigenvalue weighted by atomic mass is 9.42. The van der Waals surface area contributed by atoms with Crippen LogP contribution in [0.5, 0.6) is 0 Å². The van der Waals surface area contributed by atoms with E-state index in [1.165, 1.54) is 0 Å². The predicted octanol–water partition coefficient (Wildman–Crippen LogP) is 4.57. The molecule has 0 aromatic rings. The largest absolute Gasteiger partial charge is 0.390 e. The Kier molecular flexibility index (Phi) is 3.90. The molecule has 4 aliphatic carbocycles. The first-order valence-corrected chi connectivity index (χ1v) is 10.4. The highest BCUT2D eigenvalue weighted by Gasteiger charge is 2.66. The molecule has 3 nitrogen and oxygen atoms in total. The normalized spacial score (nSPS) is 54.9. The van der Waals surface area contributed by atoms with Crippen LogP contribution in [0.4, 0.5) is 0 Å². The highest BCUT2D eigenvalue weighted by atomic mass is 32.1. The number of hydrogen-bond acceptors (Lipinski definition) is 4. The zero-order valence-electron chi connectivity index (χ0n) is 15.8. The molecule has 4 fully saturated rings. The Labute approximate surface area is 156 Å². The molecule has 4 saturated carbocycles.